The van der Waals surface area contributed by atoms with E-state index in [1.54, 1.807) is 6.92 Å². The average Bonchev–Trinajstić information content (AvgIpc) is 2.66. The molecule has 1 atom stereocenters. The van der Waals surface area contributed by atoms with Gasteiger partial charge in [0.25, 0.3) is 0 Å². The number of nitrogens with zero attached hydrogens (tertiary/aromatic N) is 1. The Morgan fingerprint density at radius 3 is 2.36 bits per heavy atom. The molecule has 9 heteroatoms. The first-order valence-corrected chi connectivity index (χ1v) is 9.40. The summed E-state index contributed by atoms with van der Waals surface area (Å²) in [6.07, 6.45) is 1.87. The number of likely N-dealkylation sites (tertiary alicyclic amines) is 1. The van der Waals surface area contributed by atoms with Gasteiger partial charge >= 0.3 is 0 Å². The van der Waals surface area contributed by atoms with Gasteiger partial charge in [0.2, 0.25) is 11.8 Å². The van der Waals surface area contributed by atoms with Crippen LogP contribution >= 0.6 is 0 Å². The third kappa shape index (κ3) is 5.93. The normalized spacial score (nSPS) is 16.8. The molecule has 1 aliphatic heterocycles. The Hall–Kier alpha value is -2.13. The summed E-state index contributed by atoms with van der Waals surface area (Å²) in [6.45, 7) is 7.10. The summed E-state index contributed by atoms with van der Waals surface area (Å²) in [4.78, 5) is 26.2. The van der Waals surface area contributed by atoms with Crippen molar-refractivity contribution in [2.75, 3.05) is 25.0 Å². The van der Waals surface area contributed by atoms with Gasteiger partial charge in [0.1, 0.15) is 0 Å². The summed E-state index contributed by atoms with van der Waals surface area (Å²) in [5, 5.41) is 8.09. The highest BCUT2D eigenvalue weighted by molar-refractivity contribution is 5.95. The van der Waals surface area contributed by atoms with Gasteiger partial charge in [0.05, 0.1) is 18.3 Å². The summed E-state index contributed by atoms with van der Waals surface area (Å²) >= 11 is 0. The van der Waals surface area contributed by atoms with Gasteiger partial charge in [0, 0.05) is 25.2 Å². The molecule has 28 heavy (non-hydrogen) atoms. The predicted octanol–water partition coefficient (Wildman–Crippen LogP) is 2.01. The van der Waals surface area contributed by atoms with Gasteiger partial charge in [-0.25, -0.2) is 13.2 Å². The van der Waals surface area contributed by atoms with Crippen LogP contribution in [0.2, 0.25) is 0 Å². The minimum Gasteiger partial charge on any atom is -0.346 e. The molecule has 0 bridgehead atoms. The van der Waals surface area contributed by atoms with Crippen LogP contribution < -0.4 is 16.0 Å². The number of nitrogens with one attached hydrogen (secondary N) is 3. The first kappa shape index (κ1) is 22.2. The smallest absolute Gasteiger partial charge is 0.243 e. The molecule has 1 aromatic carbocycles. The van der Waals surface area contributed by atoms with Crippen molar-refractivity contribution in [1.82, 2.24) is 15.5 Å². The first-order chi connectivity index (χ1) is 13.2. The second-order valence-corrected chi connectivity index (χ2v) is 7.30. The topological polar surface area (TPSA) is 73.5 Å². The Morgan fingerprint density at radius 2 is 1.75 bits per heavy atom. The molecule has 0 spiro atoms. The van der Waals surface area contributed by atoms with Gasteiger partial charge in [-0.3, -0.25) is 14.5 Å². The van der Waals surface area contributed by atoms with Crippen LogP contribution in [-0.2, 0) is 9.59 Å². The van der Waals surface area contributed by atoms with Crippen LogP contribution in [0.1, 0.15) is 33.6 Å². The number of amides is 2. The number of piperidine rings is 1. The fourth-order valence-electron chi connectivity index (χ4n) is 3.22. The van der Waals surface area contributed by atoms with Crippen molar-refractivity contribution in [1.29, 1.82) is 0 Å². The Kier molecular flexibility index (Phi) is 7.82. The summed E-state index contributed by atoms with van der Waals surface area (Å²) < 4.78 is 39.7. The van der Waals surface area contributed by atoms with E-state index in [0.717, 1.165) is 32.0 Å². The zero-order valence-corrected chi connectivity index (χ0v) is 16.3. The molecule has 156 valence electrons. The van der Waals surface area contributed by atoms with Crippen LogP contribution in [0.3, 0.4) is 0 Å². The lowest BCUT2D eigenvalue weighted by molar-refractivity contribution is -0.128. The van der Waals surface area contributed by atoms with Gasteiger partial charge in [0.15, 0.2) is 17.5 Å². The monoisotopic (exact) mass is 400 g/mol. The second-order valence-electron chi connectivity index (χ2n) is 7.30. The van der Waals surface area contributed by atoms with Crippen molar-refractivity contribution in [2.45, 2.75) is 51.7 Å². The average molecular weight is 400 g/mol. The van der Waals surface area contributed by atoms with E-state index in [-0.39, 0.29) is 5.91 Å². The molecule has 0 saturated carbocycles. The number of rotatable bonds is 7. The van der Waals surface area contributed by atoms with E-state index in [1.807, 2.05) is 4.90 Å². The van der Waals surface area contributed by atoms with E-state index in [9.17, 15) is 22.8 Å². The minimum atomic E-state index is -1.66. The van der Waals surface area contributed by atoms with Crippen LogP contribution in [0.5, 0.6) is 0 Å². The molecule has 0 aromatic heterocycles. The number of carbonyl (C=O) groups excluding carboxylic acids is 2. The molecule has 0 aliphatic carbocycles. The van der Waals surface area contributed by atoms with Gasteiger partial charge in [-0.1, -0.05) is 13.8 Å². The van der Waals surface area contributed by atoms with E-state index < -0.39 is 41.6 Å². The van der Waals surface area contributed by atoms with Gasteiger partial charge in [-0.05, 0) is 31.9 Å². The molecule has 1 saturated heterocycles. The molecule has 3 N–H and O–H groups in total. The summed E-state index contributed by atoms with van der Waals surface area (Å²) in [5.41, 5.74) is -0.481. The molecular weight excluding hydrogens is 373 g/mol. The third-order valence-electron chi connectivity index (χ3n) is 4.76. The molecule has 1 fully saturated rings. The maximum atomic E-state index is 13.6. The van der Waals surface area contributed by atoms with Crippen molar-refractivity contribution < 1.29 is 22.8 Å². The van der Waals surface area contributed by atoms with Crippen LogP contribution in [0.15, 0.2) is 12.1 Å². The second kappa shape index (κ2) is 9.88. The van der Waals surface area contributed by atoms with Crippen molar-refractivity contribution in [3.63, 3.8) is 0 Å². The van der Waals surface area contributed by atoms with Crippen LogP contribution in [-0.4, -0.2) is 54.5 Å². The molecule has 2 amide bonds. The van der Waals surface area contributed by atoms with E-state index >= 15 is 0 Å². The van der Waals surface area contributed by atoms with E-state index in [2.05, 4.69) is 29.8 Å². The molecule has 1 heterocycles. The Morgan fingerprint density at radius 1 is 1.11 bits per heavy atom. The van der Waals surface area contributed by atoms with Crippen LogP contribution in [0.25, 0.3) is 0 Å². The maximum Gasteiger partial charge on any atom is 0.243 e. The molecule has 1 unspecified atom stereocenters. The number of hydrogen-bond donors (Lipinski definition) is 3. The number of hydrogen-bond acceptors (Lipinski definition) is 4. The molecule has 6 nitrogen and oxygen atoms in total. The Balaban J connectivity index is 1.78. The standard InChI is InChI=1S/C19H27F3N4O2/c1-11(2)24-13-6-8-26(9-7-13)12(3)19(28)23-10-16(27)25-15-5-4-14(20)17(21)18(15)22/h4-5,11-13,24H,6-10H2,1-3H3,(H,23,28)(H,25,27). The molecule has 1 aromatic rings. The van der Waals surface area contributed by atoms with Gasteiger partial charge in [-0.2, -0.15) is 0 Å². The lowest BCUT2D eigenvalue weighted by atomic mass is 10.0. The predicted molar refractivity (Wildman–Crippen MR) is 100 cm³/mol. The SMILES string of the molecule is CC(C)NC1CCN(C(C)C(=O)NCC(=O)Nc2ccc(F)c(F)c2F)CC1. The Bertz CT molecular complexity index is 707. The van der Waals surface area contributed by atoms with Crippen molar-refractivity contribution in [3.8, 4) is 0 Å². The fraction of sp³-hybridized carbons (Fsp3) is 0.579. The lowest BCUT2D eigenvalue weighted by Gasteiger charge is -2.36. The molecule has 0 radical (unpaired) electrons. The van der Waals surface area contributed by atoms with E-state index in [1.165, 1.54) is 0 Å². The first-order valence-electron chi connectivity index (χ1n) is 9.40. The maximum absolute atomic E-state index is 13.6. The van der Waals surface area contributed by atoms with E-state index in [0.29, 0.717) is 18.2 Å². The summed E-state index contributed by atoms with van der Waals surface area (Å²) in [7, 11) is 0. The number of benzene rings is 1. The number of halogens is 3. The lowest BCUT2D eigenvalue weighted by Crippen LogP contribution is -2.52. The highest BCUT2D eigenvalue weighted by Gasteiger charge is 2.27. The quantitative estimate of drug-likeness (QED) is 0.613. The molecule has 2 rings (SSSR count). The summed E-state index contributed by atoms with van der Waals surface area (Å²) in [6, 6.07) is 2.07. The largest absolute Gasteiger partial charge is 0.346 e. The van der Waals surface area contributed by atoms with Crippen LogP contribution in [0.4, 0.5) is 18.9 Å². The zero-order chi connectivity index (χ0) is 20.8. The Labute approximate surface area is 162 Å². The van der Waals surface area contributed by atoms with Gasteiger partial charge < -0.3 is 16.0 Å². The zero-order valence-electron chi connectivity index (χ0n) is 16.3. The minimum absolute atomic E-state index is 0.323. The van der Waals surface area contributed by atoms with Crippen molar-refractivity contribution >= 4 is 17.5 Å². The summed E-state index contributed by atoms with van der Waals surface area (Å²) in [5.74, 6) is -5.54. The third-order valence-corrected chi connectivity index (χ3v) is 4.76. The highest BCUT2D eigenvalue weighted by Crippen LogP contribution is 2.19. The molecule has 1 aliphatic rings. The molecular formula is C19H27F3N4O2. The fourth-order valence-corrected chi connectivity index (χ4v) is 3.22. The van der Waals surface area contributed by atoms with Crippen LogP contribution in [0, 0.1) is 17.5 Å². The number of anilines is 1. The van der Waals surface area contributed by atoms with Crippen molar-refractivity contribution in [2.24, 2.45) is 0 Å². The number of carbonyl (C=O) groups is 2. The van der Waals surface area contributed by atoms with E-state index in [4.69, 9.17) is 0 Å². The van der Waals surface area contributed by atoms with Crippen molar-refractivity contribution in [3.05, 3.63) is 29.6 Å². The highest BCUT2D eigenvalue weighted by atomic mass is 19.2. The van der Waals surface area contributed by atoms with Gasteiger partial charge in [-0.15, -0.1) is 0 Å².